The molecule has 0 saturated carbocycles. The first-order valence-electron chi connectivity index (χ1n) is 15.3. The molecule has 198 valence electrons. The van der Waals surface area contributed by atoms with Crippen molar-refractivity contribution >= 4 is 5.97 Å². The number of carbonyl (C=O) groups is 1. The van der Waals surface area contributed by atoms with Crippen molar-refractivity contribution in [3.05, 3.63) is 0 Å². The van der Waals surface area contributed by atoms with E-state index in [-0.39, 0.29) is 11.9 Å². The Morgan fingerprint density at radius 3 is 1.24 bits per heavy atom. The van der Waals surface area contributed by atoms with Gasteiger partial charge in [-0.3, -0.25) is 4.79 Å². The monoisotopic (exact) mass is 466 g/mol. The summed E-state index contributed by atoms with van der Waals surface area (Å²) in [5.74, 6) is 0.684. The highest BCUT2D eigenvalue weighted by molar-refractivity contribution is 5.71. The van der Waals surface area contributed by atoms with Crippen molar-refractivity contribution in [2.45, 2.75) is 175 Å². The van der Waals surface area contributed by atoms with Crippen molar-refractivity contribution in [3.8, 4) is 0 Å². The van der Waals surface area contributed by atoms with Gasteiger partial charge in [0.15, 0.2) is 0 Å². The maximum absolute atomic E-state index is 12.5. The SMILES string of the molecule is CCCCCCCCCCCCC(C)C(=O)OCC(CCCCCCC)CCCCCCC. The van der Waals surface area contributed by atoms with Crippen molar-refractivity contribution in [3.63, 3.8) is 0 Å². The Morgan fingerprint density at radius 1 is 0.515 bits per heavy atom. The first-order valence-corrected chi connectivity index (χ1v) is 15.3. The van der Waals surface area contributed by atoms with Crippen LogP contribution in [0.25, 0.3) is 0 Å². The Hall–Kier alpha value is -0.530. The molecule has 0 amide bonds. The Labute approximate surface area is 209 Å². The van der Waals surface area contributed by atoms with Gasteiger partial charge in [0.2, 0.25) is 0 Å². The molecule has 0 aromatic carbocycles. The Morgan fingerprint density at radius 2 is 0.848 bits per heavy atom. The third kappa shape index (κ3) is 23.0. The van der Waals surface area contributed by atoms with E-state index in [2.05, 4.69) is 27.7 Å². The average molecular weight is 467 g/mol. The van der Waals surface area contributed by atoms with Crippen LogP contribution in [-0.4, -0.2) is 12.6 Å². The summed E-state index contributed by atoms with van der Waals surface area (Å²) < 4.78 is 5.83. The fraction of sp³-hybridized carbons (Fsp3) is 0.968. The van der Waals surface area contributed by atoms with Gasteiger partial charge in [0, 0.05) is 0 Å². The summed E-state index contributed by atoms with van der Waals surface area (Å²) in [5, 5.41) is 0. The van der Waals surface area contributed by atoms with Gasteiger partial charge in [0.25, 0.3) is 0 Å². The summed E-state index contributed by atoms with van der Waals surface area (Å²) >= 11 is 0. The predicted molar refractivity (Wildman–Crippen MR) is 147 cm³/mol. The standard InChI is InChI=1S/C31H62O2/c1-5-8-11-14-15-16-17-18-21-22-25-29(4)31(32)33-28-30(26-23-19-12-9-6-2)27-24-20-13-10-7-3/h29-30H,5-28H2,1-4H3. The predicted octanol–water partition coefficient (Wildman–Crippen LogP) is 10.8. The fourth-order valence-electron chi connectivity index (χ4n) is 4.78. The summed E-state index contributed by atoms with van der Waals surface area (Å²) in [5.41, 5.74) is 0. The van der Waals surface area contributed by atoms with Gasteiger partial charge < -0.3 is 4.74 Å². The van der Waals surface area contributed by atoms with Crippen molar-refractivity contribution in [1.82, 2.24) is 0 Å². The number of ether oxygens (including phenoxy) is 1. The van der Waals surface area contributed by atoms with Gasteiger partial charge in [-0.2, -0.15) is 0 Å². The van der Waals surface area contributed by atoms with Gasteiger partial charge in [0.1, 0.15) is 0 Å². The van der Waals surface area contributed by atoms with Gasteiger partial charge >= 0.3 is 5.97 Å². The van der Waals surface area contributed by atoms with Gasteiger partial charge in [-0.05, 0) is 25.2 Å². The van der Waals surface area contributed by atoms with E-state index in [0.717, 1.165) is 6.42 Å². The summed E-state index contributed by atoms with van der Waals surface area (Å²) in [6.45, 7) is 9.55. The van der Waals surface area contributed by atoms with E-state index >= 15 is 0 Å². The lowest BCUT2D eigenvalue weighted by Gasteiger charge is -2.19. The molecule has 1 atom stereocenters. The van der Waals surface area contributed by atoms with Crippen molar-refractivity contribution in [2.75, 3.05) is 6.61 Å². The van der Waals surface area contributed by atoms with Crippen molar-refractivity contribution in [2.24, 2.45) is 11.8 Å². The molecule has 33 heavy (non-hydrogen) atoms. The molecule has 0 radical (unpaired) electrons. The molecular weight excluding hydrogens is 404 g/mol. The molecule has 0 spiro atoms. The van der Waals surface area contributed by atoms with Crippen LogP contribution in [0.3, 0.4) is 0 Å². The number of hydrogen-bond acceptors (Lipinski definition) is 2. The Kier molecular flexibility index (Phi) is 25.7. The number of unbranched alkanes of at least 4 members (excludes halogenated alkanes) is 17. The van der Waals surface area contributed by atoms with E-state index in [0.29, 0.717) is 12.5 Å². The lowest BCUT2D eigenvalue weighted by molar-refractivity contribution is -0.149. The Balaban J connectivity index is 3.96. The molecule has 0 aliphatic carbocycles. The van der Waals surface area contributed by atoms with Gasteiger partial charge in [-0.15, -0.1) is 0 Å². The number of rotatable bonds is 26. The zero-order valence-electron chi connectivity index (χ0n) is 23.4. The number of esters is 1. The van der Waals surface area contributed by atoms with Crippen molar-refractivity contribution < 1.29 is 9.53 Å². The van der Waals surface area contributed by atoms with E-state index < -0.39 is 0 Å². The first-order chi connectivity index (χ1) is 16.2. The minimum atomic E-state index is 0.0490. The van der Waals surface area contributed by atoms with Crippen LogP contribution in [0.2, 0.25) is 0 Å². The van der Waals surface area contributed by atoms with Gasteiger partial charge in [0.05, 0.1) is 12.5 Å². The summed E-state index contributed by atoms with van der Waals surface area (Å²) in [6, 6.07) is 0. The number of carbonyl (C=O) groups excluding carboxylic acids is 1. The maximum Gasteiger partial charge on any atom is 0.308 e. The lowest BCUT2D eigenvalue weighted by atomic mass is 9.95. The maximum atomic E-state index is 12.5. The molecule has 1 unspecified atom stereocenters. The van der Waals surface area contributed by atoms with Gasteiger partial charge in [-0.1, -0.05) is 156 Å². The van der Waals surface area contributed by atoms with Crippen LogP contribution < -0.4 is 0 Å². The van der Waals surface area contributed by atoms with Crippen LogP contribution in [0.5, 0.6) is 0 Å². The van der Waals surface area contributed by atoms with Crippen LogP contribution in [0.4, 0.5) is 0 Å². The minimum absolute atomic E-state index is 0.0490. The highest BCUT2D eigenvalue weighted by Gasteiger charge is 2.17. The van der Waals surface area contributed by atoms with E-state index in [1.807, 2.05) is 0 Å². The third-order valence-electron chi connectivity index (χ3n) is 7.29. The second-order valence-electron chi connectivity index (χ2n) is 10.8. The molecule has 2 heteroatoms. The molecule has 0 aliphatic heterocycles. The molecular formula is C31H62O2. The second-order valence-corrected chi connectivity index (χ2v) is 10.8. The molecule has 0 N–H and O–H groups in total. The quantitative estimate of drug-likeness (QED) is 0.0935. The smallest absolute Gasteiger partial charge is 0.308 e. The molecule has 0 rings (SSSR count). The van der Waals surface area contributed by atoms with E-state index in [1.54, 1.807) is 0 Å². The van der Waals surface area contributed by atoms with Gasteiger partial charge in [-0.25, -0.2) is 0 Å². The number of hydrogen-bond donors (Lipinski definition) is 0. The molecule has 0 bridgehead atoms. The average Bonchev–Trinajstić information content (AvgIpc) is 2.82. The largest absolute Gasteiger partial charge is 0.465 e. The first kappa shape index (κ1) is 32.5. The van der Waals surface area contributed by atoms with Crippen LogP contribution in [0, 0.1) is 11.8 Å². The minimum Gasteiger partial charge on any atom is -0.465 e. The van der Waals surface area contributed by atoms with Crippen LogP contribution in [-0.2, 0) is 9.53 Å². The van der Waals surface area contributed by atoms with E-state index in [9.17, 15) is 4.79 Å². The Bertz CT molecular complexity index is 378. The molecule has 0 saturated heterocycles. The second kappa shape index (κ2) is 26.1. The highest BCUT2D eigenvalue weighted by atomic mass is 16.5. The van der Waals surface area contributed by atoms with Crippen LogP contribution >= 0.6 is 0 Å². The van der Waals surface area contributed by atoms with Crippen molar-refractivity contribution in [1.29, 1.82) is 0 Å². The summed E-state index contributed by atoms with van der Waals surface area (Å²) in [7, 11) is 0. The normalized spacial score (nSPS) is 12.4. The summed E-state index contributed by atoms with van der Waals surface area (Å²) in [6.07, 6.45) is 30.2. The lowest BCUT2D eigenvalue weighted by Crippen LogP contribution is -2.20. The van der Waals surface area contributed by atoms with E-state index in [1.165, 1.54) is 141 Å². The van der Waals surface area contributed by atoms with Crippen LogP contribution in [0.15, 0.2) is 0 Å². The third-order valence-corrected chi connectivity index (χ3v) is 7.29. The van der Waals surface area contributed by atoms with E-state index in [4.69, 9.17) is 4.74 Å². The topological polar surface area (TPSA) is 26.3 Å². The highest BCUT2D eigenvalue weighted by Crippen LogP contribution is 2.21. The zero-order chi connectivity index (χ0) is 24.4. The molecule has 0 heterocycles. The summed E-state index contributed by atoms with van der Waals surface area (Å²) in [4.78, 5) is 12.5. The fourth-order valence-corrected chi connectivity index (χ4v) is 4.78. The molecule has 0 fully saturated rings. The zero-order valence-corrected chi connectivity index (χ0v) is 23.4. The molecule has 2 nitrogen and oxygen atoms in total. The molecule has 0 aliphatic rings. The molecule has 0 aromatic heterocycles. The van der Waals surface area contributed by atoms with Crippen LogP contribution in [0.1, 0.15) is 175 Å². The molecule has 0 aromatic rings.